The molecule has 0 spiro atoms. The summed E-state index contributed by atoms with van der Waals surface area (Å²) in [4.78, 5) is 13.3. The smallest absolute Gasteiger partial charge is 0.249 e. The minimum Gasteiger partial charge on any atom is -0.497 e. The van der Waals surface area contributed by atoms with Crippen LogP contribution in [0.1, 0.15) is 35.4 Å². The summed E-state index contributed by atoms with van der Waals surface area (Å²) in [5.41, 5.74) is 2.13. The van der Waals surface area contributed by atoms with Gasteiger partial charge in [-0.3, -0.25) is 4.79 Å². The Bertz CT molecular complexity index is 889. The van der Waals surface area contributed by atoms with Gasteiger partial charge in [0.05, 0.1) is 24.9 Å². The molecule has 0 saturated carbocycles. The fourth-order valence-corrected chi connectivity index (χ4v) is 3.88. The molecule has 0 radical (unpaired) electrons. The second-order valence-corrected chi connectivity index (χ2v) is 7.75. The predicted molar refractivity (Wildman–Crippen MR) is 102 cm³/mol. The molecule has 1 amide bonds. The normalized spacial score (nSPS) is 15.3. The summed E-state index contributed by atoms with van der Waals surface area (Å²) in [6.45, 7) is 4.48. The van der Waals surface area contributed by atoms with Gasteiger partial charge in [-0.15, -0.1) is 11.3 Å². The maximum Gasteiger partial charge on any atom is 0.249 e. The summed E-state index contributed by atoms with van der Waals surface area (Å²) >= 11 is 1.41. The number of hydrogen-bond donors (Lipinski definition) is 1. The molecule has 1 aliphatic heterocycles. The van der Waals surface area contributed by atoms with Crippen molar-refractivity contribution in [1.29, 1.82) is 5.26 Å². The van der Waals surface area contributed by atoms with Crippen LogP contribution in [-0.2, 0) is 22.6 Å². The third-order valence-corrected chi connectivity index (χ3v) is 5.30. The molecule has 3 rings (SSSR count). The van der Waals surface area contributed by atoms with E-state index in [1.807, 2.05) is 38.1 Å². The maximum atomic E-state index is 12.3. The van der Waals surface area contributed by atoms with E-state index in [0.29, 0.717) is 23.6 Å². The molecule has 2 heterocycles. The molecule has 0 bridgehead atoms. The van der Waals surface area contributed by atoms with E-state index in [9.17, 15) is 10.1 Å². The Morgan fingerprint density at radius 2 is 2.12 bits per heavy atom. The van der Waals surface area contributed by atoms with E-state index in [1.54, 1.807) is 13.2 Å². The molecule has 0 aliphatic carbocycles. The first kappa shape index (κ1) is 18.2. The quantitative estimate of drug-likeness (QED) is 0.824. The molecular formula is C20H20N2O3S. The van der Waals surface area contributed by atoms with Gasteiger partial charge in [0.25, 0.3) is 0 Å². The van der Waals surface area contributed by atoms with Crippen LogP contribution in [0.4, 0.5) is 5.00 Å². The number of thiophene rings is 1. The van der Waals surface area contributed by atoms with Crippen LogP contribution in [0.2, 0.25) is 0 Å². The number of carbonyl (C=O) groups is 1. The Morgan fingerprint density at radius 3 is 2.77 bits per heavy atom. The lowest BCUT2D eigenvalue weighted by atomic mass is 9.93. The number of carbonyl (C=O) groups excluding carboxylic acids is 1. The summed E-state index contributed by atoms with van der Waals surface area (Å²) in [7, 11) is 1.61. The number of nitriles is 1. The van der Waals surface area contributed by atoms with E-state index in [4.69, 9.17) is 9.47 Å². The second kappa shape index (κ2) is 7.32. The van der Waals surface area contributed by atoms with E-state index < -0.39 is 0 Å². The van der Waals surface area contributed by atoms with Crippen molar-refractivity contribution < 1.29 is 14.3 Å². The Hall–Kier alpha value is -2.62. The van der Waals surface area contributed by atoms with Gasteiger partial charge >= 0.3 is 0 Å². The van der Waals surface area contributed by atoms with Crippen LogP contribution in [0.15, 0.2) is 30.3 Å². The zero-order valence-corrected chi connectivity index (χ0v) is 15.8. The van der Waals surface area contributed by atoms with Crippen LogP contribution in [0.3, 0.4) is 0 Å². The van der Waals surface area contributed by atoms with Crippen molar-refractivity contribution in [1.82, 2.24) is 0 Å². The minimum absolute atomic E-state index is 0.268. The van der Waals surface area contributed by atoms with Gasteiger partial charge in [-0.1, -0.05) is 12.1 Å². The minimum atomic E-state index is -0.296. The average molecular weight is 368 g/mol. The highest BCUT2D eigenvalue weighted by atomic mass is 32.1. The molecule has 2 aromatic rings. The molecule has 0 fully saturated rings. The largest absolute Gasteiger partial charge is 0.497 e. The first-order valence-corrected chi connectivity index (χ1v) is 9.05. The fraction of sp³-hybridized carbons (Fsp3) is 0.300. The number of hydrogen-bond acceptors (Lipinski definition) is 5. The third-order valence-electron chi connectivity index (χ3n) is 4.18. The number of amides is 1. The summed E-state index contributed by atoms with van der Waals surface area (Å²) in [5, 5.41) is 13.0. The Labute approximate surface area is 156 Å². The number of nitrogens with zero attached hydrogens (tertiary/aromatic N) is 1. The highest BCUT2D eigenvalue weighted by molar-refractivity contribution is 7.16. The lowest BCUT2D eigenvalue weighted by Gasteiger charge is -2.29. The first-order valence-electron chi connectivity index (χ1n) is 8.23. The van der Waals surface area contributed by atoms with Gasteiger partial charge in [-0.2, -0.15) is 5.26 Å². The summed E-state index contributed by atoms with van der Waals surface area (Å²) in [6.07, 6.45) is 3.85. The number of methoxy groups -OCH3 is 1. The van der Waals surface area contributed by atoms with Gasteiger partial charge in [0.2, 0.25) is 5.91 Å². The zero-order chi connectivity index (χ0) is 18.7. The highest BCUT2D eigenvalue weighted by Gasteiger charge is 2.31. The summed E-state index contributed by atoms with van der Waals surface area (Å²) in [5.74, 6) is 0.496. The van der Waals surface area contributed by atoms with E-state index in [0.717, 1.165) is 21.8 Å². The molecule has 134 valence electrons. The van der Waals surface area contributed by atoms with E-state index in [2.05, 4.69) is 11.4 Å². The number of ether oxygens (including phenoxy) is 2. The lowest BCUT2D eigenvalue weighted by molar-refractivity contribution is -0.111. The summed E-state index contributed by atoms with van der Waals surface area (Å²) < 4.78 is 10.9. The number of anilines is 1. The molecule has 5 nitrogen and oxygen atoms in total. The molecule has 1 aromatic heterocycles. The molecule has 0 unspecified atom stereocenters. The van der Waals surface area contributed by atoms with Crippen molar-refractivity contribution >= 4 is 28.3 Å². The molecule has 6 heteroatoms. The molecule has 1 aliphatic rings. The average Bonchev–Trinajstić information content (AvgIpc) is 2.95. The van der Waals surface area contributed by atoms with Gasteiger partial charge in [0, 0.05) is 17.4 Å². The first-order chi connectivity index (χ1) is 12.4. The molecular weight excluding hydrogens is 348 g/mol. The van der Waals surface area contributed by atoms with Crippen LogP contribution in [-0.4, -0.2) is 18.6 Å². The molecule has 26 heavy (non-hydrogen) atoms. The van der Waals surface area contributed by atoms with Crippen molar-refractivity contribution in [2.24, 2.45) is 0 Å². The van der Waals surface area contributed by atoms with Gasteiger partial charge < -0.3 is 14.8 Å². The van der Waals surface area contributed by atoms with Gasteiger partial charge in [-0.25, -0.2) is 0 Å². The Kier molecular flexibility index (Phi) is 5.12. The molecule has 1 N–H and O–H groups in total. The van der Waals surface area contributed by atoms with Gasteiger partial charge in [0.15, 0.2) is 0 Å². The van der Waals surface area contributed by atoms with Crippen molar-refractivity contribution in [3.63, 3.8) is 0 Å². The van der Waals surface area contributed by atoms with Crippen LogP contribution in [0.25, 0.3) is 6.08 Å². The Balaban J connectivity index is 1.74. The van der Waals surface area contributed by atoms with Crippen LogP contribution >= 0.6 is 11.3 Å². The standard InChI is InChI=1S/C20H20N2O3S/c1-20(2)10-15-16(11-21)19(26-17(15)12-25-20)22-18(23)9-6-13-4-7-14(24-3)8-5-13/h4-9H,10,12H2,1-3H3,(H,22,23)/b9-6+. The van der Waals surface area contributed by atoms with Crippen LogP contribution < -0.4 is 10.1 Å². The van der Waals surface area contributed by atoms with Crippen molar-refractivity contribution in [2.75, 3.05) is 12.4 Å². The fourth-order valence-electron chi connectivity index (χ4n) is 2.80. The van der Waals surface area contributed by atoms with Crippen molar-refractivity contribution in [3.8, 4) is 11.8 Å². The summed E-state index contributed by atoms with van der Waals surface area (Å²) in [6, 6.07) is 9.64. The molecule has 0 atom stereocenters. The van der Waals surface area contributed by atoms with E-state index >= 15 is 0 Å². The third kappa shape index (κ3) is 3.96. The Morgan fingerprint density at radius 1 is 1.38 bits per heavy atom. The number of nitrogens with one attached hydrogen (secondary N) is 1. The number of benzene rings is 1. The SMILES string of the molecule is COc1ccc(/C=C/C(=O)Nc2sc3c(c2C#N)CC(C)(C)OC3)cc1. The highest BCUT2D eigenvalue weighted by Crippen LogP contribution is 2.39. The number of rotatable bonds is 4. The monoisotopic (exact) mass is 368 g/mol. The topological polar surface area (TPSA) is 71.3 Å². The van der Waals surface area contributed by atoms with Crippen molar-refractivity contribution in [3.05, 3.63) is 51.9 Å². The van der Waals surface area contributed by atoms with Crippen LogP contribution in [0, 0.1) is 11.3 Å². The van der Waals surface area contributed by atoms with Gasteiger partial charge in [-0.05, 0) is 43.2 Å². The predicted octanol–water partition coefficient (Wildman–Crippen LogP) is 4.13. The zero-order valence-electron chi connectivity index (χ0n) is 15.0. The number of fused-ring (bicyclic) bond motifs is 1. The van der Waals surface area contributed by atoms with Gasteiger partial charge in [0.1, 0.15) is 16.8 Å². The lowest BCUT2D eigenvalue weighted by Crippen LogP contribution is -2.31. The maximum absolute atomic E-state index is 12.3. The molecule has 1 aromatic carbocycles. The van der Waals surface area contributed by atoms with Crippen LogP contribution in [0.5, 0.6) is 5.75 Å². The van der Waals surface area contributed by atoms with E-state index in [-0.39, 0.29) is 11.5 Å². The van der Waals surface area contributed by atoms with E-state index in [1.165, 1.54) is 17.4 Å². The van der Waals surface area contributed by atoms with Crippen molar-refractivity contribution in [2.45, 2.75) is 32.5 Å². The second-order valence-electron chi connectivity index (χ2n) is 6.64. The molecule has 0 saturated heterocycles.